The molecule has 0 radical (unpaired) electrons. The van der Waals surface area contributed by atoms with Crippen molar-refractivity contribution in [1.29, 1.82) is 0 Å². The molecule has 0 fully saturated rings. The van der Waals surface area contributed by atoms with Gasteiger partial charge >= 0.3 is 17.8 Å². The average molecular weight is 448 g/mol. The first-order valence-electron chi connectivity index (χ1n) is 8.81. The Kier molecular flexibility index (Phi) is 4.65. The predicted molar refractivity (Wildman–Crippen MR) is 99.0 cm³/mol. The number of alkyl halides is 6. The highest BCUT2D eigenvalue weighted by Gasteiger charge is 2.80. The van der Waals surface area contributed by atoms with Gasteiger partial charge in [-0.1, -0.05) is 0 Å². The molecule has 1 aliphatic rings. The van der Waals surface area contributed by atoms with Gasteiger partial charge in [0.25, 0.3) is 11.8 Å². The molecule has 2 aromatic rings. The molecule has 2 amide bonds. The van der Waals surface area contributed by atoms with E-state index in [4.69, 9.17) is 11.5 Å². The first-order valence-corrected chi connectivity index (χ1v) is 8.81. The first-order chi connectivity index (χ1) is 14.0. The molecule has 0 saturated heterocycles. The minimum Gasteiger partial charge on any atom is -0.364 e. The minimum atomic E-state index is -5.78. The zero-order valence-corrected chi connectivity index (χ0v) is 16.8. The fourth-order valence-corrected chi connectivity index (χ4v) is 3.81. The van der Waals surface area contributed by atoms with Crippen LogP contribution in [0.3, 0.4) is 0 Å². The smallest absolute Gasteiger partial charge is 0.364 e. The topological polar surface area (TPSA) is 96.0 Å². The molecule has 4 N–H and O–H groups in total. The number of aromatic nitrogens is 2. The lowest BCUT2D eigenvalue weighted by molar-refractivity contribution is -0.254. The van der Waals surface area contributed by atoms with Gasteiger partial charge in [0.1, 0.15) is 11.4 Å². The molecule has 6 nitrogen and oxygen atoms in total. The van der Waals surface area contributed by atoms with Gasteiger partial charge in [-0.25, -0.2) is 0 Å². The van der Waals surface area contributed by atoms with Crippen molar-refractivity contribution in [2.45, 2.75) is 31.6 Å². The van der Waals surface area contributed by atoms with Crippen LogP contribution in [0, 0.1) is 13.8 Å². The summed E-state index contributed by atoms with van der Waals surface area (Å²) in [5.74, 6) is -18.5. The second-order valence-corrected chi connectivity index (χ2v) is 7.38. The largest absolute Gasteiger partial charge is 0.380 e. The molecule has 2 aromatic heterocycles. The van der Waals surface area contributed by atoms with Crippen LogP contribution in [0.5, 0.6) is 0 Å². The van der Waals surface area contributed by atoms with Crippen molar-refractivity contribution in [3.63, 3.8) is 0 Å². The van der Waals surface area contributed by atoms with Crippen molar-refractivity contribution in [2.75, 3.05) is 0 Å². The van der Waals surface area contributed by atoms with E-state index in [1.807, 2.05) is 0 Å². The maximum absolute atomic E-state index is 14.9. The maximum Gasteiger partial charge on any atom is 0.380 e. The van der Waals surface area contributed by atoms with Gasteiger partial charge in [0, 0.05) is 47.8 Å². The van der Waals surface area contributed by atoms with E-state index in [1.54, 1.807) is 0 Å². The number of halogens is 6. The van der Waals surface area contributed by atoms with Gasteiger partial charge in [-0.05, 0) is 26.0 Å². The highest BCUT2D eigenvalue weighted by Crippen LogP contribution is 2.65. The fourth-order valence-electron chi connectivity index (χ4n) is 3.81. The Hall–Kier alpha value is -3.18. The van der Waals surface area contributed by atoms with Gasteiger partial charge in [-0.3, -0.25) is 9.59 Å². The van der Waals surface area contributed by atoms with E-state index >= 15 is 0 Å². The van der Waals surface area contributed by atoms with Crippen molar-refractivity contribution >= 4 is 23.0 Å². The van der Waals surface area contributed by atoms with Gasteiger partial charge in [-0.2, -0.15) is 26.3 Å². The molecule has 0 bridgehead atoms. The van der Waals surface area contributed by atoms with Crippen molar-refractivity contribution in [2.24, 2.45) is 25.6 Å². The summed E-state index contributed by atoms with van der Waals surface area (Å²) in [7, 11) is 2.50. The number of primary amides is 2. The number of carbonyl (C=O) groups is 2. The molecule has 31 heavy (non-hydrogen) atoms. The minimum absolute atomic E-state index is 0.154. The van der Waals surface area contributed by atoms with Crippen LogP contribution >= 0.6 is 0 Å². The van der Waals surface area contributed by atoms with E-state index in [0.29, 0.717) is 0 Å². The molecule has 2 heterocycles. The molecule has 1 aliphatic carbocycles. The summed E-state index contributed by atoms with van der Waals surface area (Å²) in [5, 5.41) is 0. The van der Waals surface area contributed by atoms with E-state index in [9.17, 15) is 35.9 Å². The van der Waals surface area contributed by atoms with Gasteiger partial charge in [-0.15, -0.1) is 0 Å². The SMILES string of the molecule is Cc1c(C2=C(c3cc(C(N)=O)n(C)c3C)C(F)(F)C(F)(F)C2(F)F)cc(C(N)=O)n1C. The number of nitrogens with zero attached hydrogens (tertiary/aromatic N) is 2. The Morgan fingerprint density at radius 1 is 0.742 bits per heavy atom. The van der Waals surface area contributed by atoms with Crippen LogP contribution < -0.4 is 11.5 Å². The van der Waals surface area contributed by atoms with Crippen LogP contribution in [0.1, 0.15) is 43.5 Å². The number of allylic oxidation sites excluding steroid dienone is 2. The molecule has 0 atom stereocenters. The summed E-state index contributed by atoms with van der Waals surface area (Å²) in [5.41, 5.74) is 4.72. The fraction of sp³-hybridized carbons (Fsp3) is 0.368. The second kappa shape index (κ2) is 6.41. The monoisotopic (exact) mass is 448 g/mol. The molecular formula is C19H18F6N4O2. The van der Waals surface area contributed by atoms with Crippen LogP contribution in [-0.4, -0.2) is 38.7 Å². The summed E-state index contributed by atoms with van der Waals surface area (Å²) < 4.78 is 90.6. The number of nitrogens with two attached hydrogens (primary N) is 2. The lowest BCUT2D eigenvalue weighted by Crippen LogP contribution is -2.49. The van der Waals surface area contributed by atoms with Crippen LogP contribution in [0.25, 0.3) is 11.1 Å². The van der Waals surface area contributed by atoms with Crippen molar-refractivity contribution < 1.29 is 35.9 Å². The first kappa shape index (κ1) is 22.5. The summed E-state index contributed by atoms with van der Waals surface area (Å²) in [6, 6.07) is 1.54. The van der Waals surface area contributed by atoms with Crippen molar-refractivity contribution in [3.8, 4) is 0 Å². The number of amides is 2. The van der Waals surface area contributed by atoms with E-state index in [1.165, 1.54) is 27.9 Å². The van der Waals surface area contributed by atoms with Gasteiger partial charge in [0.05, 0.1) is 0 Å². The lowest BCUT2D eigenvalue weighted by atomic mass is 9.94. The second-order valence-electron chi connectivity index (χ2n) is 7.38. The predicted octanol–water partition coefficient (Wildman–Crippen LogP) is 3.01. The normalized spacial score (nSPS) is 19.2. The molecule has 168 valence electrons. The molecule has 0 aliphatic heterocycles. The highest BCUT2D eigenvalue weighted by atomic mass is 19.3. The van der Waals surface area contributed by atoms with E-state index in [2.05, 4.69) is 0 Å². The number of carbonyl (C=O) groups excluding carboxylic acids is 2. The number of hydrogen-bond donors (Lipinski definition) is 2. The van der Waals surface area contributed by atoms with E-state index in [-0.39, 0.29) is 22.8 Å². The zero-order valence-electron chi connectivity index (χ0n) is 16.8. The van der Waals surface area contributed by atoms with Gasteiger partial charge in [0.15, 0.2) is 0 Å². The van der Waals surface area contributed by atoms with Crippen LogP contribution in [0.2, 0.25) is 0 Å². The van der Waals surface area contributed by atoms with E-state index in [0.717, 1.165) is 21.3 Å². The summed E-state index contributed by atoms with van der Waals surface area (Å²) in [6.45, 7) is 2.40. The van der Waals surface area contributed by atoms with Crippen LogP contribution in [-0.2, 0) is 14.1 Å². The Labute approximate surface area is 172 Å². The quantitative estimate of drug-likeness (QED) is 0.704. The molecule has 3 rings (SSSR count). The molecular weight excluding hydrogens is 430 g/mol. The highest BCUT2D eigenvalue weighted by molar-refractivity contribution is 6.04. The lowest BCUT2D eigenvalue weighted by Gasteiger charge is -2.25. The molecule has 0 unspecified atom stereocenters. The number of hydrogen-bond acceptors (Lipinski definition) is 2. The third-order valence-corrected chi connectivity index (χ3v) is 5.78. The zero-order chi connectivity index (χ0) is 23.8. The third kappa shape index (κ3) is 2.66. The van der Waals surface area contributed by atoms with Crippen molar-refractivity contribution in [1.82, 2.24) is 9.13 Å². The Bertz CT molecular complexity index is 1080. The van der Waals surface area contributed by atoms with Gasteiger partial charge < -0.3 is 20.6 Å². The van der Waals surface area contributed by atoms with E-state index < -0.39 is 51.9 Å². The molecule has 0 spiro atoms. The van der Waals surface area contributed by atoms with Crippen LogP contribution in [0.15, 0.2) is 12.1 Å². The average Bonchev–Trinajstić information content (AvgIpc) is 3.13. The summed E-state index contributed by atoms with van der Waals surface area (Å²) in [6.07, 6.45) is 0. The molecule has 0 aromatic carbocycles. The molecule has 0 saturated carbocycles. The van der Waals surface area contributed by atoms with Gasteiger partial charge in [0.2, 0.25) is 0 Å². The standard InChI is InChI=1S/C19H18F6N4O2/c1-7-9(5-11(15(26)30)28(7)3)13-14(18(22,23)19(24,25)17(13,20)21)10-6-12(16(27)31)29(4)8(10)2/h5-6H,1-4H3,(H2,26,30)(H2,27,31). The maximum atomic E-state index is 14.9. The summed E-state index contributed by atoms with van der Waals surface area (Å²) in [4.78, 5) is 23.2. The van der Waals surface area contributed by atoms with Crippen LogP contribution in [0.4, 0.5) is 26.3 Å². The summed E-state index contributed by atoms with van der Waals surface area (Å²) >= 11 is 0. The third-order valence-electron chi connectivity index (χ3n) is 5.78. The Morgan fingerprint density at radius 2 is 1.03 bits per heavy atom. The molecule has 12 heteroatoms. The van der Waals surface area contributed by atoms with Crippen molar-refractivity contribution in [3.05, 3.63) is 46.0 Å². The Morgan fingerprint density at radius 3 is 1.26 bits per heavy atom. The number of rotatable bonds is 4. The Balaban J connectivity index is 2.52.